The molecule has 3 rings (SSSR count). The molecule has 104 valence electrons. The molecule has 0 aliphatic rings. The van der Waals surface area contributed by atoms with E-state index in [1.165, 1.54) is 11.3 Å². The van der Waals surface area contributed by atoms with Gasteiger partial charge < -0.3 is 4.90 Å². The lowest BCUT2D eigenvalue weighted by Crippen LogP contribution is -2.30. The van der Waals surface area contributed by atoms with Crippen molar-refractivity contribution in [1.82, 2.24) is 0 Å². The number of para-hydroxylation sites is 1. The van der Waals surface area contributed by atoms with Gasteiger partial charge in [-0.15, -0.1) is 17.9 Å². The highest BCUT2D eigenvalue weighted by atomic mass is 32.1. The van der Waals surface area contributed by atoms with Crippen LogP contribution in [0.3, 0.4) is 0 Å². The van der Waals surface area contributed by atoms with Crippen LogP contribution < -0.4 is 4.90 Å². The number of amides is 1. The molecule has 3 heteroatoms. The predicted octanol–water partition coefficient (Wildman–Crippen LogP) is 4.73. The fraction of sp³-hybridized carbons (Fsp3) is 0.0556. The molecule has 0 atom stereocenters. The largest absolute Gasteiger partial charge is 0.304 e. The van der Waals surface area contributed by atoms with Gasteiger partial charge in [0.25, 0.3) is 5.91 Å². The van der Waals surface area contributed by atoms with Gasteiger partial charge in [-0.1, -0.05) is 42.5 Å². The number of carbonyl (C=O) groups excluding carboxylic acids is 1. The summed E-state index contributed by atoms with van der Waals surface area (Å²) in [4.78, 5) is 15.3. The molecule has 0 unspecified atom stereocenters. The monoisotopic (exact) mass is 293 g/mol. The molecule has 1 heterocycles. The van der Waals surface area contributed by atoms with Crippen LogP contribution >= 0.6 is 11.3 Å². The van der Waals surface area contributed by atoms with Gasteiger partial charge in [0, 0.05) is 16.9 Å². The molecule has 21 heavy (non-hydrogen) atoms. The van der Waals surface area contributed by atoms with Crippen LogP contribution in [0.2, 0.25) is 0 Å². The molecule has 0 saturated heterocycles. The maximum atomic E-state index is 12.8. The number of fused-ring (bicyclic) bond motifs is 1. The maximum absolute atomic E-state index is 12.8. The molecule has 0 spiro atoms. The highest BCUT2D eigenvalue weighted by Crippen LogP contribution is 2.27. The number of nitrogens with zero attached hydrogens (tertiary/aromatic N) is 1. The first kappa shape index (κ1) is 13.6. The highest BCUT2D eigenvalue weighted by Gasteiger charge is 2.18. The highest BCUT2D eigenvalue weighted by molar-refractivity contribution is 7.20. The number of hydrogen-bond donors (Lipinski definition) is 0. The van der Waals surface area contributed by atoms with E-state index in [0.29, 0.717) is 6.54 Å². The first-order valence-electron chi connectivity index (χ1n) is 6.76. The number of carbonyl (C=O) groups is 1. The third-order valence-electron chi connectivity index (χ3n) is 3.26. The fourth-order valence-corrected chi connectivity index (χ4v) is 3.27. The molecule has 1 aromatic heterocycles. The number of thiophene rings is 1. The molecule has 0 saturated carbocycles. The summed E-state index contributed by atoms with van der Waals surface area (Å²) in [6.45, 7) is 4.25. The number of hydrogen-bond acceptors (Lipinski definition) is 2. The summed E-state index contributed by atoms with van der Waals surface area (Å²) in [5.41, 5.74) is 0.889. The van der Waals surface area contributed by atoms with Gasteiger partial charge in [0.1, 0.15) is 0 Å². The summed E-state index contributed by atoms with van der Waals surface area (Å²) in [6.07, 6.45) is 1.75. The van der Waals surface area contributed by atoms with Crippen molar-refractivity contribution >= 4 is 33.0 Å². The third-order valence-corrected chi connectivity index (χ3v) is 4.37. The van der Waals surface area contributed by atoms with E-state index in [2.05, 4.69) is 6.58 Å². The zero-order chi connectivity index (χ0) is 14.7. The molecule has 0 bridgehead atoms. The zero-order valence-electron chi connectivity index (χ0n) is 11.5. The molecular formula is C18H15NOS. The lowest BCUT2D eigenvalue weighted by atomic mass is 10.2. The van der Waals surface area contributed by atoms with Crippen LogP contribution in [-0.4, -0.2) is 12.5 Å². The van der Waals surface area contributed by atoms with Gasteiger partial charge in [0.15, 0.2) is 0 Å². The summed E-state index contributed by atoms with van der Waals surface area (Å²) < 4.78 is 1.13. The molecule has 0 radical (unpaired) electrons. The van der Waals surface area contributed by atoms with E-state index in [4.69, 9.17) is 0 Å². The molecule has 0 N–H and O–H groups in total. The van der Waals surface area contributed by atoms with E-state index in [0.717, 1.165) is 20.7 Å². The van der Waals surface area contributed by atoms with Crippen molar-refractivity contribution in [3.05, 3.63) is 78.2 Å². The topological polar surface area (TPSA) is 20.3 Å². The van der Waals surface area contributed by atoms with E-state index in [-0.39, 0.29) is 5.91 Å². The lowest BCUT2D eigenvalue weighted by Gasteiger charge is -2.20. The Labute approximate surface area is 128 Å². The second-order valence-corrected chi connectivity index (χ2v) is 5.77. The van der Waals surface area contributed by atoms with Crippen molar-refractivity contribution in [1.29, 1.82) is 0 Å². The molecule has 2 nitrogen and oxygen atoms in total. The smallest absolute Gasteiger partial charge is 0.268 e. The van der Waals surface area contributed by atoms with Crippen LogP contribution in [0, 0.1) is 0 Å². The van der Waals surface area contributed by atoms with Crippen molar-refractivity contribution < 1.29 is 4.79 Å². The molecule has 0 fully saturated rings. The SMILES string of the molecule is C=CCN(C(=O)c1cc2ccccc2s1)c1ccccc1. The van der Waals surface area contributed by atoms with E-state index in [9.17, 15) is 4.79 Å². The lowest BCUT2D eigenvalue weighted by molar-refractivity contribution is 0.0993. The minimum atomic E-state index is 0.0160. The van der Waals surface area contributed by atoms with Crippen LogP contribution in [-0.2, 0) is 0 Å². The quantitative estimate of drug-likeness (QED) is 0.637. The van der Waals surface area contributed by atoms with Crippen molar-refractivity contribution in [2.75, 3.05) is 11.4 Å². The predicted molar refractivity (Wildman–Crippen MR) is 90.1 cm³/mol. The van der Waals surface area contributed by atoms with Crippen molar-refractivity contribution in [3.63, 3.8) is 0 Å². The first-order chi connectivity index (χ1) is 10.3. The van der Waals surface area contributed by atoms with Gasteiger partial charge in [0.2, 0.25) is 0 Å². The summed E-state index contributed by atoms with van der Waals surface area (Å²) in [5, 5.41) is 1.11. The first-order valence-corrected chi connectivity index (χ1v) is 7.57. The van der Waals surface area contributed by atoms with Crippen LogP contribution in [0.4, 0.5) is 5.69 Å². The second kappa shape index (κ2) is 5.94. The Morgan fingerprint density at radius 3 is 2.52 bits per heavy atom. The van der Waals surface area contributed by atoms with Gasteiger partial charge in [-0.05, 0) is 29.7 Å². The van der Waals surface area contributed by atoms with E-state index >= 15 is 0 Å². The van der Waals surface area contributed by atoms with Gasteiger partial charge in [-0.2, -0.15) is 0 Å². The summed E-state index contributed by atoms with van der Waals surface area (Å²) in [7, 11) is 0. The maximum Gasteiger partial charge on any atom is 0.268 e. The Morgan fingerprint density at radius 2 is 1.81 bits per heavy atom. The Kier molecular flexibility index (Phi) is 3.84. The second-order valence-electron chi connectivity index (χ2n) is 4.69. The Hall–Kier alpha value is -2.39. The average Bonchev–Trinajstić information content (AvgIpc) is 2.97. The van der Waals surface area contributed by atoms with Crippen LogP contribution in [0.1, 0.15) is 9.67 Å². The van der Waals surface area contributed by atoms with Gasteiger partial charge in [0.05, 0.1) is 4.88 Å². The number of benzene rings is 2. The average molecular weight is 293 g/mol. The fourth-order valence-electron chi connectivity index (χ4n) is 2.26. The molecule has 2 aromatic carbocycles. The van der Waals surface area contributed by atoms with Crippen molar-refractivity contribution in [3.8, 4) is 0 Å². The molecule has 0 aliphatic heterocycles. The Morgan fingerprint density at radius 1 is 1.10 bits per heavy atom. The molecule has 1 amide bonds. The summed E-state index contributed by atoms with van der Waals surface area (Å²) in [5.74, 6) is 0.0160. The number of rotatable bonds is 4. The minimum absolute atomic E-state index is 0.0160. The van der Waals surface area contributed by atoms with E-state index < -0.39 is 0 Å². The molecule has 3 aromatic rings. The summed E-state index contributed by atoms with van der Waals surface area (Å²) in [6, 6.07) is 19.7. The van der Waals surface area contributed by atoms with Gasteiger partial charge in [-0.3, -0.25) is 4.79 Å². The number of anilines is 1. The minimum Gasteiger partial charge on any atom is -0.304 e. The van der Waals surface area contributed by atoms with Crippen LogP contribution in [0.5, 0.6) is 0 Å². The Bertz CT molecular complexity index is 743. The summed E-state index contributed by atoms with van der Waals surface area (Å²) >= 11 is 1.53. The molecular weight excluding hydrogens is 278 g/mol. The standard InChI is InChI=1S/C18H15NOS/c1-2-12-19(15-9-4-3-5-10-15)18(20)17-13-14-8-6-7-11-16(14)21-17/h2-11,13H,1,12H2. The van der Waals surface area contributed by atoms with Gasteiger partial charge >= 0.3 is 0 Å². The molecule has 0 aliphatic carbocycles. The third kappa shape index (κ3) is 2.73. The van der Waals surface area contributed by atoms with Crippen LogP contribution in [0.15, 0.2) is 73.3 Å². The van der Waals surface area contributed by atoms with Gasteiger partial charge in [-0.25, -0.2) is 0 Å². The van der Waals surface area contributed by atoms with E-state index in [1.54, 1.807) is 11.0 Å². The van der Waals surface area contributed by atoms with E-state index in [1.807, 2.05) is 60.7 Å². The normalized spacial score (nSPS) is 10.5. The van der Waals surface area contributed by atoms with Crippen LogP contribution in [0.25, 0.3) is 10.1 Å². The zero-order valence-corrected chi connectivity index (χ0v) is 12.3. The van der Waals surface area contributed by atoms with Crippen molar-refractivity contribution in [2.24, 2.45) is 0 Å². The van der Waals surface area contributed by atoms with Crippen molar-refractivity contribution in [2.45, 2.75) is 0 Å². The Balaban J connectivity index is 1.99.